The van der Waals surface area contributed by atoms with Gasteiger partial charge in [0.05, 0.1) is 11.3 Å². The smallest absolute Gasteiger partial charge is 0.301 e. The quantitative estimate of drug-likeness (QED) is 0.868. The molecule has 110 valence electrons. The van der Waals surface area contributed by atoms with E-state index in [1.807, 2.05) is 0 Å². The molecule has 0 aromatic heterocycles. The maximum absolute atomic E-state index is 13.8. The number of aliphatic hydroxyl groups is 1. The Balaban J connectivity index is 2.08. The van der Waals surface area contributed by atoms with Crippen LogP contribution in [-0.4, -0.2) is 16.9 Å². The summed E-state index contributed by atoms with van der Waals surface area (Å²) in [6.45, 7) is 0. The zero-order valence-corrected chi connectivity index (χ0v) is 11.1. The van der Waals surface area contributed by atoms with E-state index in [2.05, 4.69) is 0 Å². The van der Waals surface area contributed by atoms with E-state index in [4.69, 9.17) is 0 Å². The van der Waals surface area contributed by atoms with Crippen molar-refractivity contribution in [1.82, 2.24) is 0 Å². The number of carbonyl (C=O) groups excluding carboxylic acids is 2. The molecule has 1 heterocycles. The van der Waals surface area contributed by atoms with Crippen molar-refractivity contribution >= 4 is 23.1 Å². The highest BCUT2D eigenvalue weighted by Crippen LogP contribution is 2.32. The third-order valence-corrected chi connectivity index (χ3v) is 3.29. The number of hydrogen-bond donors (Lipinski definition) is 1. The Kier molecular flexibility index (Phi) is 3.21. The zero-order valence-electron chi connectivity index (χ0n) is 11.1. The molecule has 0 saturated heterocycles. The molecule has 3 rings (SSSR count). The van der Waals surface area contributed by atoms with Crippen LogP contribution < -0.4 is 4.90 Å². The van der Waals surface area contributed by atoms with Crippen LogP contribution >= 0.6 is 0 Å². The zero-order chi connectivity index (χ0) is 15.9. The van der Waals surface area contributed by atoms with Gasteiger partial charge in [-0.05, 0) is 29.8 Å². The van der Waals surface area contributed by atoms with Crippen molar-refractivity contribution < 1.29 is 23.5 Å². The van der Waals surface area contributed by atoms with Gasteiger partial charge in [0, 0.05) is 0 Å². The number of aliphatic hydroxyl groups excluding tert-OH is 1. The van der Waals surface area contributed by atoms with Crippen LogP contribution in [0.4, 0.5) is 14.5 Å². The molecule has 2 amide bonds. The molecule has 2 aromatic rings. The van der Waals surface area contributed by atoms with Crippen LogP contribution in [0.1, 0.15) is 5.56 Å². The molecule has 0 radical (unpaired) electrons. The van der Waals surface area contributed by atoms with Crippen LogP contribution in [0.25, 0.3) is 5.57 Å². The second-order valence-electron chi connectivity index (χ2n) is 4.63. The second kappa shape index (κ2) is 5.07. The molecule has 1 aliphatic rings. The van der Waals surface area contributed by atoms with E-state index in [-0.39, 0.29) is 16.8 Å². The summed E-state index contributed by atoms with van der Waals surface area (Å²) in [5.74, 6) is -3.96. The minimum absolute atomic E-state index is 0.177. The monoisotopic (exact) mass is 301 g/mol. The van der Waals surface area contributed by atoms with Crippen molar-refractivity contribution in [3.8, 4) is 0 Å². The minimum Gasteiger partial charge on any atom is -0.502 e. The van der Waals surface area contributed by atoms with Crippen LogP contribution in [-0.2, 0) is 9.59 Å². The number of anilines is 1. The number of nitrogens with zero attached hydrogens (tertiary/aromatic N) is 1. The highest BCUT2D eigenvalue weighted by atomic mass is 19.1. The number of halogens is 2. The van der Waals surface area contributed by atoms with Gasteiger partial charge >= 0.3 is 5.91 Å². The molecule has 6 heteroatoms. The fourth-order valence-corrected chi connectivity index (χ4v) is 2.25. The SMILES string of the molecule is O=C1C(O)=C(c2ccc(F)cc2)C(=O)N1c1ccccc1F. The lowest BCUT2D eigenvalue weighted by Gasteiger charge is -2.15. The van der Waals surface area contributed by atoms with Crippen LogP contribution in [0.2, 0.25) is 0 Å². The van der Waals surface area contributed by atoms with Crippen LogP contribution in [0.5, 0.6) is 0 Å². The van der Waals surface area contributed by atoms with Crippen molar-refractivity contribution in [3.63, 3.8) is 0 Å². The predicted molar refractivity (Wildman–Crippen MR) is 74.8 cm³/mol. The topological polar surface area (TPSA) is 57.6 Å². The van der Waals surface area contributed by atoms with E-state index in [0.717, 1.165) is 18.2 Å². The maximum Gasteiger partial charge on any atom is 0.301 e. The summed E-state index contributed by atoms with van der Waals surface area (Å²) >= 11 is 0. The summed E-state index contributed by atoms with van der Waals surface area (Å²) in [4.78, 5) is 25.0. The van der Waals surface area contributed by atoms with Crippen molar-refractivity contribution in [2.24, 2.45) is 0 Å². The maximum atomic E-state index is 13.8. The van der Waals surface area contributed by atoms with Gasteiger partial charge in [0.15, 0.2) is 5.76 Å². The predicted octanol–water partition coefficient (Wildman–Crippen LogP) is 2.81. The Bertz CT molecular complexity index is 812. The molecule has 1 aliphatic heterocycles. The standard InChI is InChI=1S/C16H9F2NO3/c17-10-7-5-9(6-8-10)13-14(20)16(22)19(15(13)21)12-4-2-1-3-11(12)18/h1-8,20H. The van der Waals surface area contributed by atoms with E-state index in [9.17, 15) is 23.5 Å². The van der Waals surface area contributed by atoms with Gasteiger partial charge < -0.3 is 5.11 Å². The number of amides is 2. The van der Waals surface area contributed by atoms with Gasteiger partial charge in [0.25, 0.3) is 5.91 Å². The van der Waals surface area contributed by atoms with Gasteiger partial charge in [0.1, 0.15) is 11.6 Å². The molecule has 1 N–H and O–H groups in total. The van der Waals surface area contributed by atoms with Gasteiger partial charge in [-0.2, -0.15) is 0 Å². The summed E-state index contributed by atoms with van der Waals surface area (Å²) in [7, 11) is 0. The fourth-order valence-electron chi connectivity index (χ4n) is 2.25. The molecular weight excluding hydrogens is 292 g/mol. The molecule has 2 aromatic carbocycles. The molecule has 0 bridgehead atoms. The van der Waals surface area contributed by atoms with Gasteiger partial charge in [-0.1, -0.05) is 24.3 Å². The number of benzene rings is 2. The van der Waals surface area contributed by atoms with Gasteiger partial charge in [-0.25, -0.2) is 13.7 Å². The first kappa shape index (κ1) is 13.9. The number of hydrogen-bond acceptors (Lipinski definition) is 3. The average molecular weight is 301 g/mol. The number of imide groups is 1. The Labute approximate surface area is 123 Å². The Morgan fingerprint density at radius 2 is 1.50 bits per heavy atom. The summed E-state index contributed by atoms with van der Waals surface area (Å²) in [5, 5.41) is 9.92. The van der Waals surface area contributed by atoms with E-state index in [1.54, 1.807) is 0 Å². The lowest BCUT2D eigenvalue weighted by Crippen LogP contribution is -2.32. The molecule has 0 unspecified atom stereocenters. The molecule has 0 fully saturated rings. The van der Waals surface area contributed by atoms with Gasteiger partial charge in [-0.3, -0.25) is 9.59 Å². The van der Waals surface area contributed by atoms with Crippen LogP contribution in [0.15, 0.2) is 54.3 Å². The van der Waals surface area contributed by atoms with Gasteiger partial charge in [0.2, 0.25) is 0 Å². The molecule has 0 atom stereocenters. The summed E-state index contributed by atoms with van der Waals surface area (Å²) < 4.78 is 26.8. The molecule has 0 saturated carbocycles. The molecular formula is C16H9F2NO3. The summed E-state index contributed by atoms with van der Waals surface area (Å²) in [6, 6.07) is 9.95. The van der Waals surface area contributed by atoms with Crippen LogP contribution in [0.3, 0.4) is 0 Å². The molecule has 4 nitrogen and oxygen atoms in total. The highest BCUT2D eigenvalue weighted by Gasteiger charge is 2.41. The van der Waals surface area contributed by atoms with E-state index >= 15 is 0 Å². The van der Waals surface area contributed by atoms with E-state index < -0.39 is 29.2 Å². The molecule has 22 heavy (non-hydrogen) atoms. The highest BCUT2D eigenvalue weighted by molar-refractivity contribution is 6.44. The van der Waals surface area contributed by atoms with E-state index in [1.165, 1.54) is 30.3 Å². The summed E-state index contributed by atoms with van der Waals surface area (Å²) in [5.41, 5.74) is -0.356. The second-order valence-corrected chi connectivity index (χ2v) is 4.63. The largest absolute Gasteiger partial charge is 0.502 e. The molecule has 0 spiro atoms. The first-order valence-corrected chi connectivity index (χ1v) is 6.33. The fraction of sp³-hybridized carbons (Fsp3) is 0. The lowest BCUT2D eigenvalue weighted by molar-refractivity contribution is -0.121. The molecule has 0 aliphatic carbocycles. The third kappa shape index (κ3) is 2.05. The Morgan fingerprint density at radius 3 is 2.14 bits per heavy atom. The Hall–Kier alpha value is -3.02. The van der Waals surface area contributed by atoms with Crippen LogP contribution in [0, 0.1) is 11.6 Å². The number of carbonyl (C=O) groups is 2. The van der Waals surface area contributed by atoms with Crippen molar-refractivity contribution in [3.05, 3.63) is 71.5 Å². The number of para-hydroxylation sites is 1. The van der Waals surface area contributed by atoms with E-state index in [0.29, 0.717) is 4.90 Å². The number of rotatable bonds is 2. The summed E-state index contributed by atoms with van der Waals surface area (Å²) in [6.07, 6.45) is 0. The normalized spacial score (nSPS) is 14.9. The minimum atomic E-state index is -1.02. The Morgan fingerprint density at radius 1 is 0.864 bits per heavy atom. The average Bonchev–Trinajstić information content (AvgIpc) is 2.72. The lowest BCUT2D eigenvalue weighted by atomic mass is 10.1. The van der Waals surface area contributed by atoms with Gasteiger partial charge in [-0.15, -0.1) is 0 Å². The first-order valence-electron chi connectivity index (χ1n) is 6.33. The van der Waals surface area contributed by atoms with Crippen molar-refractivity contribution in [2.75, 3.05) is 4.90 Å². The first-order chi connectivity index (χ1) is 10.5. The van der Waals surface area contributed by atoms with Crippen molar-refractivity contribution in [2.45, 2.75) is 0 Å². The van der Waals surface area contributed by atoms with Crippen molar-refractivity contribution in [1.29, 1.82) is 0 Å². The third-order valence-electron chi connectivity index (χ3n) is 3.29.